The maximum atomic E-state index is 15.2. The lowest BCUT2D eigenvalue weighted by molar-refractivity contribution is -0.157. The number of hydrogen-bond donors (Lipinski definition) is 1. The number of carbonyl (C=O) groups is 3. The zero-order chi connectivity index (χ0) is 53.1. The molecule has 1 aliphatic carbocycles. The third kappa shape index (κ3) is 36.9. The number of amides is 2. The Labute approximate surface area is 456 Å². The summed E-state index contributed by atoms with van der Waals surface area (Å²) in [6.07, 6.45) is 58.3. The molecule has 0 saturated heterocycles. The number of unbranched alkanes of at least 4 members (excludes halogenated alkanes) is 35. The minimum atomic E-state index is -0.736. The van der Waals surface area contributed by atoms with E-state index in [-0.39, 0.29) is 29.8 Å². The highest BCUT2D eigenvalue weighted by Crippen LogP contribution is 2.40. The second kappa shape index (κ2) is 51.1. The highest BCUT2D eigenvalue weighted by Gasteiger charge is 2.51. The number of esters is 1. The van der Waals surface area contributed by atoms with Crippen LogP contribution in [0.25, 0.3) is 0 Å². The van der Waals surface area contributed by atoms with Gasteiger partial charge in [-0.3, -0.25) is 14.4 Å². The summed E-state index contributed by atoms with van der Waals surface area (Å²) >= 11 is 0. The normalized spacial score (nSPS) is 13.3. The fourth-order valence-corrected chi connectivity index (χ4v) is 11.6. The van der Waals surface area contributed by atoms with Crippen LogP contribution in [0.1, 0.15) is 356 Å². The maximum absolute atomic E-state index is 15.2. The van der Waals surface area contributed by atoms with Crippen molar-refractivity contribution in [1.82, 2.24) is 15.1 Å². The van der Waals surface area contributed by atoms with Gasteiger partial charge in [-0.15, -0.1) is 0 Å². The largest absolute Gasteiger partial charge is 0.462 e. The van der Waals surface area contributed by atoms with Gasteiger partial charge in [0.15, 0.2) is 0 Å². The molecule has 1 aliphatic rings. The van der Waals surface area contributed by atoms with Crippen molar-refractivity contribution in [1.29, 1.82) is 0 Å². The highest BCUT2D eigenvalue weighted by atomic mass is 16.5. The number of nitrogens with zero attached hydrogens (tertiary/aromatic N) is 2. The second-order valence-corrected chi connectivity index (χ2v) is 23.5. The molecule has 1 fully saturated rings. The summed E-state index contributed by atoms with van der Waals surface area (Å²) in [6, 6.07) is 0. The van der Waals surface area contributed by atoms with Crippen molar-refractivity contribution in [2.45, 2.75) is 368 Å². The Morgan fingerprint density at radius 2 is 0.781 bits per heavy atom. The zero-order valence-corrected chi connectivity index (χ0v) is 50.4. The summed E-state index contributed by atoms with van der Waals surface area (Å²) in [6.45, 7) is 18.1. The Bertz CT molecular complexity index is 1170. The molecule has 73 heavy (non-hydrogen) atoms. The third-order valence-electron chi connectivity index (χ3n) is 16.9. The van der Waals surface area contributed by atoms with Crippen LogP contribution in [0, 0.1) is 5.92 Å². The predicted molar refractivity (Wildman–Crippen MR) is 318 cm³/mol. The van der Waals surface area contributed by atoms with E-state index in [2.05, 4.69) is 56.7 Å². The van der Waals surface area contributed by atoms with E-state index in [1.54, 1.807) is 0 Å². The molecule has 0 aromatic heterocycles. The second-order valence-electron chi connectivity index (χ2n) is 23.5. The van der Waals surface area contributed by atoms with Crippen molar-refractivity contribution in [2.24, 2.45) is 5.92 Å². The SMILES string of the molecule is CCCCCCCCCCCCCCC(CCCCCCCCCCCCCC)C(=O)N(CCCCCN(CC)CC)C1(C(=O)NCCCCC(=O)OC(CCCCCCCC)CCCCCCCC)CCC1. The number of ether oxygens (including phenoxy) is 1. The summed E-state index contributed by atoms with van der Waals surface area (Å²) in [5.41, 5.74) is -0.736. The maximum Gasteiger partial charge on any atom is 0.306 e. The van der Waals surface area contributed by atoms with E-state index in [1.807, 2.05) is 0 Å². The minimum Gasteiger partial charge on any atom is -0.462 e. The third-order valence-corrected chi connectivity index (χ3v) is 16.9. The van der Waals surface area contributed by atoms with Crippen molar-refractivity contribution < 1.29 is 19.1 Å². The van der Waals surface area contributed by atoms with Crippen LogP contribution in [0.4, 0.5) is 0 Å². The number of nitrogens with one attached hydrogen (secondary N) is 1. The van der Waals surface area contributed by atoms with Crippen LogP contribution < -0.4 is 5.32 Å². The molecule has 0 heterocycles. The molecular weight excluding hydrogens is 899 g/mol. The Morgan fingerprint density at radius 1 is 0.425 bits per heavy atom. The van der Waals surface area contributed by atoms with Gasteiger partial charge in [0.2, 0.25) is 11.8 Å². The molecule has 0 spiro atoms. The van der Waals surface area contributed by atoms with Gasteiger partial charge in [0.05, 0.1) is 0 Å². The molecule has 7 nitrogen and oxygen atoms in total. The first-order chi connectivity index (χ1) is 35.8. The van der Waals surface area contributed by atoms with Gasteiger partial charge in [0.1, 0.15) is 11.6 Å². The van der Waals surface area contributed by atoms with Crippen molar-refractivity contribution in [3.63, 3.8) is 0 Å². The topological polar surface area (TPSA) is 79.0 Å². The first-order valence-electron chi connectivity index (χ1n) is 33.3. The molecule has 432 valence electrons. The van der Waals surface area contributed by atoms with E-state index in [9.17, 15) is 9.59 Å². The average Bonchev–Trinajstić information content (AvgIpc) is 3.38. The van der Waals surface area contributed by atoms with E-state index in [1.165, 1.54) is 205 Å². The van der Waals surface area contributed by atoms with Gasteiger partial charge in [0.25, 0.3) is 0 Å². The Morgan fingerprint density at radius 3 is 1.15 bits per heavy atom. The van der Waals surface area contributed by atoms with Gasteiger partial charge in [0, 0.05) is 25.4 Å². The molecule has 1 rings (SSSR count). The molecule has 0 unspecified atom stereocenters. The lowest BCUT2D eigenvalue weighted by Gasteiger charge is -2.50. The first-order valence-corrected chi connectivity index (χ1v) is 33.3. The smallest absolute Gasteiger partial charge is 0.306 e. The van der Waals surface area contributed by atoms with E-state index in [4.69, 9.17) is 4.74 Å². The van der Waals surface area contributed by atoms with Crippen molar-refractivity contribution in [3.05, 3.63) is 0 Å². The molecule has 1 saturated carbocycles. The summed E-state index contributed by atoms with van der Waals surface area (Å²) in [4.78, 5) is 47.6. The molecule has 0 bridgehead atoms. The molecule has 0 atom stereocenters. The van der Waals surface area contributed by atoms with Gasteiger partial charge >= 0.3 is 5.97 Å². The van der Waals surface area contributed by atoms with Crippen molar-refractivity contribution in [3.8, 4) is 0 Å². The lowest BCUT2D eigenvalue weighted by Crippen LogP contribution is -2.65. The minimum absolute atomic E-state index is 0.00384. The van der Waals surface area contributed by atoms with Crippen LogP contribution >= 0.6 is 0 Å². The molecule has 0 aromatic rings. The van der Waals surface area contributed by atoms with E-state index < -0.39 is 5.54 Å². The van der Waals surface area contributed by atoms with Crippen molar-refractivity contribution in [2.75, 3.05) is 32.7 Å². The monoisotopic (exact) mass is 1030 g/mol. The first kappa shape index (κ1) is 69.4. The van der Waals surface area contributed by atoms with E-state index in [0.717, 1.165) is 116 Å². The summed E-state index contributed by atoms with van der Waals surface area (Å²) in [5, 5.41) is 3.34. The Balaban J connectivity index is 2.96. The fourth-order valence-electron chi connectivity index (χ4n) is 11.6. The van der Waals surface area contributed by atoms with Crippen LogP contribution in [-0.2, 0) is 19.1 Å². The van der Waals surface area contributed by atoms with Gasteiger partial charge in [-0.1, -0.05) is 266 Å². The lowest BCUT2D eigenvalue weighted by atomic mass is 9.73. The van der Waals surface area contributed by atoms with Gasteiger partial charge < -0.3 is 19.9 Å². The molecule has 0 aromatic carbocycles. The summed E-state index contributed by atoms with van der Waals surface area (Å²) in [5.74, 6) is 0.243. The fraction of sp³-hybridized carbons (Fsp3) is 0.955. The van der Waals surface area contributed by atoms with Crippen LogP contribution in [-0.4, -0.2) is 72.0 Å². The average molecular weight is 1030 g/mol. The van der Waals surface area contributed by atoms with Crippen molar-refractivity contribution >= 4 is 17.8 Å². The highest BCUT2D eigenvalue weighted by molar-refractivity contribution is 5.93. The van der Waals surface area contributed by atoms with E-state index >= 15 is 4.79 Å². The number of rotatable bonds is 57. The van der Waals surface area contributed by atoms with Crippen LogP contribution in [0.2, 0.25) is 0 Å². The predicted octanol–water partition coefficient (Wildman–Crippen LogP) is 19.7. The molecule has 7 heteroatoms. The van der Waals surface area contributed by atoms with Gasteiger partial charge in [-0.2, -0.15) is 0 Å². The number of carbonyl (C=O) groups excluding carboxylic acids is 3. The molecule has 0 aliphatic heterocycles. The molecule has 1 N–H and O–H groups in total. The quantitative estimate of drug-likeness (QED) is 0.0485. The van der Waals surface area contributed by atoms with E-state index in [0.29, 0.717) is 25.9 Å². The molecule has 2 amide bonds. The van der Waals surface area contributed by atoms with Crippen LogP contribution in [0.5, 0.6) is 0 Å². The molecule has 0 radical (unpaired) electrons. The van der Waals surface area contributed by atoms with Crippen LogP contribution in [0.15, 0.2) is 0 Å². The Hall–Kier alpha value is -1.63. The standard InChI is InChI=1S/C66H129N3O4/c1-7-13-17-21-25-27-29-31-33-35-37-42-51-61(52-43-38-36-34-32-30-28-26-22-18-14-8-2)64(71)69(60-49-41-48-59-68(11-5)12-6)66(56-50-57-66)65(72)67-58-47-46-55-63(70)73-62(53-44-39-23-19-15-9-3)54-45-40-24-20-16-10-4/h61-62H,7-60H2,1-6H3,(H,67,72). The molecular formula is C66H129N3O4. The Kier molecular flexibility index (Phi) is 48.6. The van der Waals surface area contributed by atoms with Crippen LogP contribution in [0.3, 0.4) is 0 Å². The van der Waals surface area contributed by atoms with Gasteiger partial charge in [-0.25, -0.2) is 0 Å². The summed E-state index contributed by atoms with van der Waals surface area (Å²) in [7, 11) is 0. The van der Waals surface area contributed by atoms with Gasteiger partial charge in [-0.05, 0) is 103 Å². The summed E-state index contributed by atoms with van der Waals surface area (Å²) < 4.78 is 6.15. The number of hydrogen-bond acceptors (Lipinski definition) is 5. The zero-order valence-electron chi connectivity index (χ0n) is 50.4.